The van der Waals surface area contributed by atoms with Gasteiger partial charge in [0.2, 0.25) is 0 Å². The lowest BCUT2D eigenvalue weighted by Gasteiger charge is -2.19. The van der Waals surface area contributed by atoms with Gasteiger partial charge in [0.15, 0.2) is 5.75 Å². The summed E-state index contributed by atoms with van der Waals surface area (Å²) in [5.74, 6) is -0.598. The second-order valence-corrected chi connectivity index (χ2v) is 5.83. The van der Waals surface area contributed by atoms with E-state index in [1.165, 1.54) is 6.07 Å². The van der Waals surface area contributed by atoms with Crippen molar-refractivity contribution in [3.05, 3.63) is 33.4 Å². The van der Waals surface area contributed by atoms with Crippen molar-refractivity contribution in [3.8, 4) is 5.75 Å². The van der Waals surface area contributed by atoms with E-state index in [2.05, 4.69) is 0 Å². The molecule has 0 radical (unpaired) electrons. The Labute approximate surface area is 123 Å². The number of rotatable bonds is 7. The summed E-state index contributed by atoms with van der Waals surface area (Å²) in [7, 11) is 0. The van der Waals surface area contributed by atoms with Gasteiger partial charge in [0.25, 0.3) is 0 Å². The maximum atomic E-state index is 11.1. The highest BCUT2D eigenvalue weighted by molar-refractivity contribution is 5.73. The highest BCUT2D eigenvalue weighted by atomic mass is 16.6. The molecule has 6 heteroatoms. The molecule has 116 valence electrons. The highest BCUT2D eigenvalue weighted by Crippen LogP contribution is 2.32. The maximum absolute atomic E-state index is 11.1. The average molecular weight is 295 g/mol. The molecule has 21 heavy (non-hydrogen) atoms. The largest absolute Gasteiger partial charge is 0.487 e. The van der Waals surface area contributed by atoms with Gasteiger partial charge in [-0.1, -0.05) is 6.07 Å². The molecule has 0 bridgehead atoms. The van der Waals surface area contributed by atoms with Crippen molar-refractivity contribution in [2.24, 2.45) is 5.41 Å². The molecule has 0 unspecified atom stereocenters. The number of hydrogen-bond donors (Lipinski definition) is 1. The van der Waals surface area contributed by atoms with Gasteiger partial charge in [-0.3, -0.25) is 14.9 Å². The molecular weight excluding hydrogens is 274 g/mol. The van der Waals surface area contributed by atoms with E-state index in [1.54, 1.807) is 27.7 Å². The molecule has 1 aromatic carbocycles. The summed E-state index contributed by atoms with van der Waals surface area (Å²) >= 11 is 0. The fourth-order valence-electron chi connectivity index (χ4n) is 2.05. The van der Waals surface area contributed by atoms with Gasteiger partial charge in [-0.2, -0.15) is 0 Å². The van der Waals surface area contributed by atoms with Crippen molar-refractivity contribution < 1.29 is 19.6 Å². The SMILES string of the molecule is Cc1cc(C)c(OCCCC(C)(C)C(=O)O)c([N+](=O)[O-])c1. The molecule has 1 rings (SSSR count). The zero-order chi connectivity index (χ0) is 16.2. The Morgan fingerprint density at radius 3 is 2.52 bits per heavy atom. The molecule has 0 aromatic heterocycles. The predicted molar refractivity (Wildman–Crippen MR) is 78.7 cm³/mol. The summed E-state index contributed by atoms with van der Waals surface area (Å²) in [4.78, 5) is 21.6. The van der Waals surface area contributed by atoms with E-state index in [-0.39, 0.29) is 18.0 Å². The summed E-state index contributed by atoms with van der Waals surface area (Å²) in [6.07, 6.45) is 0.963. The minimum Gasteiger partial charge on any atom is -0.487 e. The Hall–Kier alpha value is -2.11. The van der Waals surface area contributed by atoms with Crippen LogP contribution in [0.15, 0.2) is 12.1 Å². The number of nitrogens with zero attached hydrogens (tertiary/aromatic N) is 1. The first-order valence-electron chi connectivity index (χ1n) is 6.77. The van der Waals surface area contributed by atoms with Crippen molar-refractivity contribution in [1.82, 2.24) is 0 Å². The smallest absolute Gasteiger partial charge is 0.311 e. The standard InChI is InChI=1S/C15H21NO5/c1-10-8-11(2)13(12(9-10)16(19)20)21-7-5-6-15(3,4)14(17)18/h8-9H,5-7H2,1-4H3,(H,17,18). The molecule has 0 heterocycles. The summed E-state index contributed by atoms with van der Waals surface area (Å²) in [5.41, 5.74) is 0.639. The second-order valence-electron chi connectivity index (χ2n) is 5.83. The van der Waals surface area contributed by atoms with E-state index in [0.717, 1.165) is 5.56 Å². The lowest BCUT2D eigenvalue weighted by Crippen LogP contribution is -2.24. The van der Waals surface area contributed by atoms with E-state index in [4.69, 9.17) is 9.84 Å². The topological polar surface area (TPSA) is 89.7 Å². The summed E-state index contributed by atoms with van der Waals surface area (Å²) in [5, 5.41) is 20.1. The molecule has 0 saturated heterocycles. The molecule has 6 nitrogen and oxygen atoms in total. The van der Waals surface area contributed by atoms with Crippen LogP contribution in [0.4, 0.5) is 5.69 Å². The average Bonchev–Trinajstić information content (AvgIpc) is 2.35. The fraction of sp³-hybridized carbons (Fsp3) is 0.533. The fourth-order valence-corrected chi connectivity index (χ4v) is 2.05. The number of carboxylic acids is 1. The molecule has 0 amide bonds. The van der Waals surface area contributed by atoms with Gasteiger partial charge in [0.1, 0.15) is 0 Å². The Bertz CT molecular complexity index is 551. The summed E-state index contributed by atoms with van der Waals surface area (Å²) in [6, 6.07) is 3.30. The van der Waals surface area contributed by atoms with Crippen molar-refractivity contribution in [1.29, 1.82) is 0 Å². The minimum atomic E-state index is -0.861. The van der Waals surface area contributed by atoms with E-state index in [1.807, 2.05) is 6.07 Å². The Kier molecular flexibility index (Phi) is 5.29. The quantitative estimate of drug-likeness (QED) is 0.472. The van der Waals surface area contributed by atoms with Crippen LogP contribution in [0.5, 0.6) is 5.75 Å². The first-order chi connectivity index (χ1) is 9.65. The summed E-state index contributed by atoms with van der Waals surface area (Å²) in [6.45, 7) is 7.10. The summed E-state index contributed by atoms with van der Waals surface area (Å²) < 4.78 is 5.52. The van der Waals surface area contributed by atoms with E-state index < -0.39 is 16.3 Å². The van der Waals surface area contributed by atoms with Gasteiger partial charge >= 0.3 is 11.7 Å². The molecule has 0 fully saturated rings. The lowest BCUT2D eigenvalue weighted by molar-refractivity contribution is -0.386. The number of aryl methyl sites for hydroxylation is 2. The Morgan fingerprint density at radius 1 is 1.38 bits per heavy atom. The molecule has 0 spiro atoms. The van der Waals surface area contributed by atoms with Crippen molar-refractivity contribution in [3.63, 3.8) is 0 Å². The first-order valence-corrected chi connectivity index (χ1v) is 6.77. The lowest BCUT2D eigenvalue weighted by atomic mass is 9.88. The number of carbonyl (C=O) groups is 1. The van der Waals surface area contributed by atoms with Crippen molar-refractivity contribution in [2.75, 3.05) is 6.61 Å². The third kappa shape index (κ3) is 4.44. The third-order valence-electron chi connectivity index (χ3n) is 3.37. The number of nitro groups is 1. The molecule has 1 aromatic rings. The number of aliphatic carboxylic acids is 1. The van der Waals surface area contributed by atoms with Crippen molar-refractivity contribution in [2.45, 2.75) is 40.5 Å². The first kappa shape index (κ1) is 16.9. The van der Waals surface area contributed by atoms with Gasteiger partial charge in [-0.25, -0.2) is 0 Å². The van der Waals surface area contributed by atoms with Crippen LogP contribution in [0.25, 0.3) is 0 Å². The van der Waals surface area contributed by atoms with Crippen LogP contribution in [-0.4, -0.2) is 22.6 Å². The molecule has 0 aliphatic carbocycles. The van der Waals surface area contributed by atoms with E-state index >= 15 is 0 Å². The van der Waals surface area contributed by atoms with Gasteiger partial charge in [-0.05, 0) is 51.7 Å². The van der Waals surface area contributed by atoms with Gasteiger partial charge in [0, 0.05) is 6.07 Å². The van der Waals surface area contributed by atoms with Gasteiger partial charge in [-0.15, -0.1) is 0 Å². The second kappa shape index (κ2) is 6.56. The normalized spacial score (nSPS) is 11.2. The van der Waals surface area contributed by atoms with Crippen LogP contribution in [-0.2, 0) is 4.79 Å². The molecule has 1 N–H and O–H groups in total. The van der Waals surface area contributed by atoms with Crippen LogP contribution in [0.1, 0.15) is 37.8 Å². The number of benzene rings is 1. The number of nitro benzene ring substituents is 1. The van der Waals surface area contributed by atoms with Crippen LogP contribution in [0.2, 0.25) is 0 Å². The number of carboxylic acid groups (broad SMARTS) is 1. The number of hydrogen-bond acceptors (Lipinski definition) is 4. The molecule has 0 saturated carbocycles. The third-order valence-corrected chi connectivity index (χ3v) is 3.37. The Morgan fingerprint density at radius 2 is 2.00 bits per heavy atom. The predicted octanol–water partition coefficient (Wildman–Crippen LogP) is 3.48. The number of ether oxygens (including phenoxy) is 1. The molecule has 0 aliphatic heterocycles. The zero-order valence-electron chi connectivity index (χ0n) is 12.8. The highest BCUT2D eigenvalue weighted by Gasteiger charge is 2.26. The van der Waals surface area contributed by atoms with Crippen LogP contribution >= 0.6 is 0 Å². The molecular formula is C15H21NO5. The Balaban J connectivity index is 2.72. The maximum Gasteiger partial charge on any atom is 0.311 e. The van der Waals surface area contributed by atoms with Crippen molar-refractivity contribution >= 4 is 11.7 Å². The van der Waals surface area contributed by atoms with Gasteiger partial charge < -0.3 is 9.84 Å². The molecule has 0 atom stereocenters. The van der Waals surface area contributed by atoms with Gasteiger partial charge in [0.05, 0.1) is 16.9 Å². The molecule has 0 aliphatic rings. The zero-order valence-corrected chi connectivity index (χ0v) is 12.8. The van der Waals surface area contributed by atoms with E-state index in [9.17, 15) is 14.9 Å². The monoisotopic (exact) mass is 295 g/mol. The van der Waals surface area contributed by atoms with Crippen LogP contribution in [0.3, 0.4) is 0 Å². The van der Waals surface area contributed by atoms with Crippen LogP contribution < -0.4 is 4.74 Å². The minimum absolute atomic E-state index is 0.0509. The van der Waals surface area contributed by atoms with E-state index in [0.29, 0.717) is 18.4 Å². The van der Waals surface area contributed by atoms with Crippen LogP contribution in [0, 0.1) is 29.4 Å².